The van der Waals surface area contributed by atoms with Crippen LogP contribution in [-0.2, 0) is 4.79 Å². The number of aliphatic carboxylic acids is 1. The maximum Gasteiger partial charge on any atom is 0.328 e. The number of rotatable bonds is 14. The molecule has 0 saturated heterocycles. The summed E-state index contributed by atoms with van der Waals surface area (Å²) < 4.78 is 0. The summed E-state index contributed by atoms with van der Waals surface area (Å²) in [4.78, 5) is 10.2. The summed E-state index contributed by atoms with van der Waals surface area (Å²) in [6.07, 6.45) is 27.7. The van der Waals surface area contributed by atoms with E-state index in [1.165, 1.54) is 63.9 Å². The first-order chi connectivity index (χ1) is 10.8. The fourth-order valence-corrected chi connectivity index (χ4v) is 2.14. The summed E-state index contributed by atoms with van der Waals surface area (Å²) >= 11 is 0. The highest BCUT2D eigenvalue weighted by Gasteiger charge is 1.90. The second-order valence-electron chi connectivity index (χ2n) is 5.51. The molecule has 0 aromatic heterocycles. The van der Waals surface area contributed by atoms with Crippen LogP contribution in [0.3, 0.4) is 0 Å². The molecule has 0 fully saturated rings. The SMILES string of the molecule is CCCCCCCCCCC/C=C/C=C/C=C\C=C\C(=O)O. The highest BCUT2D eigenvalue weighted by Crippen LogP contribution is 2.10. The Morgan fingerprint density at radius 3 is 1.82 bits per heavy atom. The molecular formula is C20H32O2. The van der Waals surface area contributed by atoms with Crippen molar-refractivity contribution in [1.29, 1.82) is 0 Å². The van der Waals surface area contributed by atoms with Crippen molar-refractivity contribution in [3.05, 3.63) is 48.6 Å². The number of hydrogen-bond acceptors (Lipinski definition) is 1. The van der Waals surface area contributed by atoms with Crippen molar-refractivity contribution < 1.29 is 9.90 Å². The molecule has 0 amide bonds. The Morgan fingerprint density at radius 2 is 1.23 bits per heavy atom. The first-order valence-electron chi connectivity index (χ1n) is 8.67. The predicted octanol–water partition coefficient (Wildman–Crippen LogP) is 6.22. The van der Waals surface area contributed by atoms with Gasteiger partial charge in [0.25, 0.3) is 0 Å². The fraction of sp³-hybridized carbons (Fsp3) is 0.550. The van der Waals surface area contributed by atoms with E-state index in [9.17, 15) is 4.79 Å². The zero-order valence-corrected chi connectivity index (χ0v) is 14.0. The van der Waals surface area contributed by atoms with E-state index in [4.69, 9.17) is 5.11 Å². The van der Waals surface area contributed by atoms with Crippen molar-refractivity contribution in [2.45, 2.75) is 71.1 Å². The average molecular weight is 304 g/mol. The maximum atomic E-state index is 10.2. The van der Waals surface area contributed by atoms with E-state index >= 15 is 0 Å². The van der Waals surface area contributed by atoms with Crippen LogP contribution in [-0.4, -0.2) is 11.1 Å². The minimum atomic E-state index is -0.922. The molecule has 2 nitrogen and oxygen atoms in total. The van der Waals surface area contributed by atoms with E-state index in [-0.39, 0.29) is 0 Å². The van der Waals surface area contributed by atoms with Crippen LogP contribution in [0.4, 0.5) is 0 Å². The van der Waals surface area contributed by atoms with Gasteiger partial charge in [-0.2, -0.15) is 0 Å². The summed E-state index contributed by atoms with van der Waals surface area (Å²) in [6, 6.07) is 0. The molecule has 0 aliphatic carbocycles. The molecule has 0 unspecified atom stereocenters. The van der Waals surface area contributed by atoms with Gasteiger partial charge in [-0.15, -0.1) is 0 Å². The van der Waals surface area contributed by atoms with E-state index in [0.717, 1.165) is 12.5 Å². The van der Waals surface area contributed by atoms with Gasteiger partial charge in [-0.3, -0.25) is 0 Å². The third kappa shape index (κ3) is 18.4. The van der Waals surface area contributed by atoms with Crippen molar-refractivity contribution in [3.8, 4) is 0 Å². The lowest BCUT2D eigenvalue weighted by atomic mass is 10.1. The second kappa shape index (κ2) is 17.5. The van der Waals surface area contributed by atoms with Crippen LogP contribution < -0.4 is 0 Å². The molecule has 0 spiro atoms. The fourth-order valence-electron chi connectivity index (χ4n) is 2.14. The second-order valence-corrected chi connectivity index (χ2v) is 5.51. The van der Waals surface area contributed by atoms with Gasteiger partial charge >= 0.3 is 5.97 Å². The van der Waals surface area contributed by atoms with Gasteiger partial charge in [-0.25, -0.2) is 4.79 Å². The van der Waals surface area contributed by atoms with Gasteiger partial charge in [-0.1, -0.05) is 101 Å². The molecule has 0 atom stereocenters. The van der Waals surface area contributed by atoms with Crippen molar-refractivity contribution in [2.24, 2.45) is 0 Å². The molecule has 0 heterocycles. The van der Waals surface area contributed by atoms with Crippen LogP contribution in [0.15, 0.2) is 48.6 Å². The number of allylic oxidation sites excluding steroid dienone is 7. The van der Waals surface area contributed by atoms with Crippen LogP contribution in [0.25, 0.3) is 0 Å². The standard InChI is InChI=1S/C20H32O2/c1-2-3-4-5-6-7-8-9-10-11-12-13-14-15-16-17-18-19-20(21)22/h12-19H,2-11H2,1H3,(H,21,22)/b13-12+,15-14+,17-16-,19-18+. The molecule has 0 radical (unpaired) electrons. The van der Waals surface area contributed by atoms with Crippen LogP contribution in [0.1, 0.15) is 71.1 Å². The molecule has 22 heavy (non-hydrogen) atoms. The largest absolute Gasteiger partial charge is 0.478 e. The first-order valence-corrected chi connectivity index (χ1v) is 8.67. The lowest BCUT2D eigenvalue weighted by Gasteiger charge is -2.00. The highest BCUT2D eigenvalue weighted by molar-refractivity contribution is 5.80. The van der Waals surface area contributed by atoms with Crippen molar-refractivity contribution in [3.63, 3.8) is 0 Å². The molecule has 0 aromatic rings. The molecule has 0 saturated carbocycles. The van der Waals surface area contributed by atoms with E-state index in [1.807, 2.05) is 18.2 Å². The minimum Gasteiger partial charge on any atom is -0.478 e. The Hall–Kier alpha value is -1.57. The Labute approximate surface area is 136 Å². The van der Waals surface area contributed by atoms with Gasteiger partial charge in [0.2, 0.25) is 0 Å². The third-order valence-corrected chi connectivity index (χ3v) is 3.40. The van der Waals surface area contributed by atoms with Crippen LogP contribution in [0, 0.1) is 0 Å². The van der Waals surface area contributed by atoms with Crippen LogP contribution in [0.5, 0.6) is 0 Å². The molecular weight excluding hydrogens is 272 g/mol. The number of carbonyl (C=O) groups is 1. The quantitative estimate of drug-likeness (QED) is 0.235. The van der Waals surface area contributed by atoms with Gasteiger partial charge in [0, 0.05) is 6.08 Å². The zero-order chi connectivity index (χ0) is 16.3. The molecule has 124 valence electrons. The van der Waals surface area contributed by atoms with E-state index < -0.39 is 5.97 Å². The monoisotopic (exact) mass is 304 g/mol. The van der Waals surface area contributed by atoms with Crippen LogP contribution >= 0.6 is 0 Å². The Kier molecular flexibility index (Phi) is 16.2. The molecule has 1 N–H and O–H groups in total. The number of carboxylic acids is 1. The van der Waals surface area contributed by atoms with Crippen LogP contribution in [0.2, 0.25) is 0 Å². The maximum absolute atomic E-state index is 10.2. The summed E-state index contributed by atoms with van der Waals surface area (Å²) in [5.41, 5.74) is 0. The van der Waals surface area contributed by atoms with Crippen molar-refractivity contribution >= 4 is 5.97 Å². The predicted molar refractivity (Wildman–Crippen MR) is 96.0 cm³/mol. The Bertz CT molecular complexity index is 362. The molecule has 2 heteroatoms. The van der Waals surface area contributed by atoms with Gasteiger partial charge in [0.05, 0.1) is 0 Å². The third-order valence-electron chi connectivity index (χ3n) is 3.40. The zero-order valence-electron chi connectivity index (χ0n) is 14.0. The van der Waals surface area contributed by atoms with E-state index in [0.29, 0.717) is 0 Å². The Balaban J connectivity index is 3.35. The molecule has 0 aliphatic heterocycles. The lowest BCUT2D eigenvalue weighted by Crippen LogP contribution is -1.84. The number of hydrogen-bond donors (Lipinski definition) is 1. The Morgan fingerprint density at radius 1 is 0.727 bits per heavy atom. The minimum absolute atomic E-state index is 0.922. The summed E-state index contributed by atoms with van der Waals surface area (Å²) in [5.74, 6) is -0.922. The van der Waals surface area contributed by atoms with Gasteiger partial charge in [0.15, 0.2) is 0 Å². The van der Waals surface area contributed by atoms with Crippen molar-refractivity contribution in [2.75, 3.05) is 0 Å². The normalized spacial score (nSPS) is 12.4. The lowest BCUT2D eigenvalue weighted by molar-refractivity contribution is -0.131. The van der Waals surface area contributed by atoms with Gasteiger partial charge in [0.1, 0.15) is 0 Å². The van der Waals surface area contributed by atoms with Gasteiger partial charge < -0.3 is 5.11 Å². The molecule has 0 aliphatic rings. The number of unbranched alkanes of at least 4 members (excludes halogenated alkanes) is 9. The first kappa shape index (κ1) is 20.4. The highest BCUT2D eigenvalue weighted by atomic mass is 16.4. The smallest absolute Gasteiger partial charge is 0.328 e. The van der Waals surface area contributed by atoms with Gasteiger partial charge in [-0.05, 0) is 12.8 Å². The summed E-state index contributed by atoms with van der Waals surface area (Å²) in [5, 5.41) is 8.39. The van der Waals surface area contributed by atoms with E-state index in [1.54, 1.807) is 6.08 Å². The molecule has 0 bridgehead atoms. The summed E-state index contributed by atoms with van der Waals surface area (Å²) in [6.45, 7) is 2.26. The number of carboxylic acid groups (broad SMARTS) is 1. The molecule has 0 aromatic carbocycles. The molecule has 0 rings (SSSR count). The van der Waals surface area contributed by atoms with Crippen molar-refractivity contribution in [1.82, 2.24) is 0 Å². The topological polar surface area (TPSA) is 37.3 Å². The van der Waals surface area contributed by atoms with E-state index in [2.05, 4.69) is 19.1 Å². The average Bonchev–Trinajstić information content (AvgIpc) is 2.50. The summed E-state index contributed by atoms with van der Waals surface area (Å²) in [7, 11) is 0.